The van der Waals surface area contributed by atoms with Crippen molar-refractivity contribution in [2.75, 3.05) is 0 Å². The molecule has 0 bridgehead atoms. The molecule has 35 heavy (non-hydrogen) atoms. The first-order valence-electron chi connectivity index (χ1n) is 12.4. The van der Waals surface area contributed by atoms with Gasteiger partial charge in [-0.15, -0.1) is 0 Å². The van der Waals surface area contributed by atoms with Gasteiger partial charge in [-0.05, 0) is 50.7 Å². The summed E-state index contributed by atoms with van der Waals surface area (Å²) in [5.74, 6) is 0. The van der Waals surface area contributed by atoms with E-state index in [4.69, 9.17) is 0 Å². The molecule has 168 valence electrons. The summed E-state index contributed by atoms with van der Waals surface area (Å²) in [7, 11) is 0. The van der Waals surface area contributed by atoms with Gasteiger partial charge in [-0.25, -0.2) is 0 Å². The summed E-state index contributed by atoms with van der Waals surface area (Å²) in [5.41, 5.74) is 5.21. The van der Waals surface area contributed by atoms with Crippen molar-refractivity contribution >= 4 is 54.1 Å². The van der Waals surface area contributed by atoms with Crippen molar-refractivity contribution < 1.29 is 0 Å². The summed E-state index contributed by atoms with van der Waals surface area (Å²) < 4.78 is 2.47. The van der Waals surface area contributed by atoms with Crippen LogP contribution in [0.3, 0.4) is 0 Å². The number of rotatable bonds is 1. The summed E-state index contributed by atoms with van der Waals surface area (Å²) in [6.45, 7) is 6.81. The van der Waals surface area contributed by atoms with Crippen molar-refractivity contribution in [1.29, 1.82) is 0 Å². The summed E-state index contributed by atoms with van der Waals surface area (Å²) in [5, 5.41) is 10.5. The molecule has 0 N–H and O–H groups in total. The number of benzene rings is 6. The van der Waals surface area contributed by atoms with Gasteiger partial charge < -0.3 is 4.57 Å². The average molecular weight is 450 g/mol. The molecule has 0 radical (unpaired) electrons. The molecule has 0 unspecified atom stereocenters. The topological polar surface area (TPSA) is 4.93 Å². The Kier molecular flexibility index (Phi) is 4.17. The fraction of sp³-hybridized carbons (Fsp3) is 0.118. The molecule has 0 saturated heterocycles. The zero-order valence-corrected chi connectivity index (χ0v) is 20.3. The molecule has 1 heterocycles. The monoisotopic (exact) mass is 449 g/mol. The number of aromatic nitrogens is 1. The molecule has 0 aliphatic carbocycles. The van der Waals surface area contributed by atoms with Crippen molar-refractivity contribution in [3.63, 3.8) is 0 Å². The van der Waals surface area contributed by atoms with Crippen molar-refractivity contribution in [2.45, 2.75) is 26.2 Å². The minimum Gasteiger partial charge on any atom is -0.309 e. The molecule has 0 fully saturated rings. The van der Waals surface area contributed by atoms with Gasteiger partial charge in [-0.2, -0.15) is 0 Å². The number of hydrogen-bond donors (Lipinski definition) is 0. The van der Waals surface area contributed by atoms with E-state index in [1.165, 1.54) is 65.4 Å². The lowest BCUT2D eigenvalue weighted by atomic mass is 9.87. The van der Waals surface area contributed by atoms with Crippen molar-refractivity contribution in [1.82, 2.24) is 4.57 Å². The first-order chi connectivity index (χ1) is 17.0. The van der Waals surface area contributed by atoms with Crippen LogP contribution < -0.4 is 0 Å². The third-order valence-electron chi connectivity index (χ3n) is 7.52. The Labute approximate surface area is 205 Å². The van der Waals surface area contributed by atoms with E-state index in [1.54, 1.807) is 0 Å². The van der Waals surface area contributed by atoms with E-state index in [0.29, 0.717) is 0 Å². The zero-order valence-electron chi connectivity index (χ0n) is 20.3. The van der Waals surface area contributed by atoms with Crippen LogP contribution in [0.5, 0.6) is 0 Å². The first kappa shape index (κ1) is 20.3. The minimum absolute atomic E-state index is 0.126. The summed E-state index contributed by atoms with van der Waals surface area (Å²) in [4.78, 5) is 0. The number of hydrogen-bond acceptors (Lipinski definition) is 0. The Hall–Kier alpha value is -4.10. The molecule has 0 saturated carbocycles. The van der Waals surface area contributed by atoms with Gasteiger partial charge in [0.05, 0.1) is 11.0 Å². The molecule has 0 amide bonds. The molecule has 0 spiro atoms. The van der Waals surface area contributed by atoms with Crippen molar-refractivity contribution in [3.8, 4) is 5.69 Å². The van der Waals surface area contributed by atoms with Gasteiger partial charge in [0.1, 0.15) is 0 Å². The highest BCUT2D eigenvalue weighted by atomic mass is 15.0. The van der Waals surface area contributed by atoms with Crippen LogP contribution in [0, 0.1) is 0 Å². The van der Waals surface area contributed by atoms with Gasteiger partial charge in [0, 0.05) is 27.2 Å². The van der Waals surface area contributed by atoms with E-state index in [-0.39, 0.29) is 5.41 Å². The normalized spacial score (nSPS) is 12.4. The molecule has 7 rings (SSSR count). The maximum absolute atomic E-state index is 2.47. The van der Waals surface area contributed by atoms with Crippen molar-refractivity contribution in [2.24, 2.45) is 0 Å². The molecule has 1 nitrogen and oxygen atoms in total. The lowest BCUT2D eigenvalue weighted by Gasteiger charge is -2.20. The van der Waals surface area contributed by atoms with Gasteiger partial charge in [0.2, 0.25) is 0 Å². The van der Waals surface area contributed by atoms with Gasteiger partial charge in [-0.1, -0.05) is 112 Å². The van der Waals surface area contributed by atoms with Gasteiger partial charge in [-0.3, -0.25) is 0 Å². The highest BCUT2D eigenvalue weighted by Crippen LogP contribution is 2.44. The summed E-state index contributed by atoms with van der Waals surface area (Å²) in [6, 6.07) is 40.3. The second-order valence-corrected chi connectivity index (χ2v) is 10.6. The highest BCUT2D eigenvalue weighted by molar-refractivity contribution is 6.36. The average Bonchev–Trinajstić information content (AvgIpc) is 3.23. The Morgan fingerprint density at radius 1 is 0.486 bits per heavy atom. The number of para-hydroxylation sites is 1. The third-order valence-corrected chi connectivity index (χ3v) is 7.52. The van der Waals surface area contributed by atoms with E-state index in [1.807, 2.05) is 0 Å². The van der Waals surface area contributed by atoms with Gasteiger partial charge in [0.25, 0.3) is 0 Å². The summed E-state index contributed by atoms with van der Waals surface area (Å²) in [6.07, 6.45) is 0. The summed E-state index contributed by atoms with van der Waals surface area (Å²) >= 11 is 0. The predicted octanol–water partition coefficient (Wildman–Crippen LogP) is 9.54. The smallest absolute Gasteiger partial charge is 0.0626 e. The Bertz CT molecular complexity index is 1910. The zero-order chi connectivity index (χ0) is 23.7. The predicted molar refractivity (Wildman–Crippen MR) is 152 cm³/mol. The molecule has 0 atom stereocenters. The van der Waals surface area contributed by atoms with E-state index < -0.39 is 0 Å². The molecule has 0 aliphatic rings. The quantitative estimate of drug-likeness (QED) is 0.220. The van der Waals surface area contributed by atoms with Crippen LogP contribution in [0.1, 0.15) is 26.3 Å². The molecule has 6 aromatic carbocycles. The SMILES string of the molecule is CC(C)(C)c1ccc(-n2c3ccccc3c3c4c5ccccc5ccc4c4ccccc4c32)cc1. The largest absolute Gasteiger partial charge is 0.309 e. The number of fused-ring (bicyclic) bond motifs is 10. The third kappa shape index (κ3) is 2.88. The lowest BCUT2D eigenvalue weighted by Crippen LogP contribution is -2.10. The van der Waals surface area contributed by atoms with Crippen LogP contribution in [0.15, 0.2) is 109 Å². The Morgan fingerprint density at radius 2 is 1.11 bits per heavy atom. The second-order valence-electron chi connectivity index (χ2n) is 10.6. The van der Waals surface area contributed by atoms with Crippen molar-refractivity contribution in [3.05, 3.63) is 115 Å². The van der Waals surface area contributed by atoms with Crippen LogP contribution in [0.2, 0.25) is 0 Å². The lowest BCUT2D eigenvalue weighted by molar-refractivity contribution is 0.590. The first-order valence-corrected chi connectivity index (χ1v) is 12.4. The molecule has 1 aromatic heterocycles. The fourth-order valence-electron chi connectivity index (χ4n) is 5.82. The van der Waals surface area contributed by atoms with Gasteiger partial charge >= 0.3 is 0 Å². The Balaban J connectivity index is 1.75. The Morgan fingerprint density at radius 3 is 1.86 bits per heavy atom. The second kappa shape index (κ2) is 7.20. The van der Waals surface area contributed by atoms with E-state index >= 15 is 0 Å². The maximum atomic E-state index is 2.47. The van der Waals surface area contributed by atoms with E-state index in [2.05, 4.69) is 135 Å². The molecule has 7 aromatic rings. The molecule has 1 heteroatoms. The van der Waals surface area contributed by atoms with Crippen LogP contribution >= 0.6 is 0 Å². The van der Waals surface area contributed by atoms with E-state index in [9.17, 15) is 0 Å². The fourth-order valence-corrected chi connectivity index (χ4v) is 5.82. The molecular formula is C34H27N. The number of nitrogens with zero attached hydrogens (tertiary/aromatic N) is 1. The standard InChI is InChI=1S/C34H27N/c1-34(2,3)23-17-19-24(20-18-23)35-30-15-9-8-14-29(30)32-31-25-11-5-4-10-22(25)16-21-27(31)26-12-6-7-13-28(26)33(32)35/h4-21H,1-3H3. The molecule has 0 aliphatic heterocycles. The van der Waals surface area contributed by atoms with Crippen LogP contribution in [-0.2, 0) is 5.41 Å². The molecular weight excluding hydrogens is 422 g/mol. The van der Waals surface area contributed by atoms with E-state index in [0.717, 1.165) is 0 Å². The van der Waals surface area contributed by atoms with Crippen LogP contribution in [-0.4, -0.2) is 4.57 Å². The van der Waals surface area contributed by atoms with Crippen LogP contribution in [0.25, 0.3) is 59.8 Å². The minimum atomic E-state index is 0.126. The van der Waals surface area contributed by atoms with Crippen LogP contribution in [0.4, 0.5) is 0 Å². The maximum Gasteiger partial charge on any atom is 0.0626 e. The highest BCUT2D eigenvalue weighted by Gasteiger charge is 2.20. The van der Waals surface area contributed by atoms with Gasteiger partial charge in [0.15, 0.2) is 0 Å².